The van der Waals surface area contributed by atoms with Crippen LogP contribution in [-0.2, 0) is 4.79 Å². The molecule has 0 amide bonds. The van der Waals surface area contributed by atoms with Crippen molar-refractivity contribution in [2.75, 3.05) is 0 Å². The summed E-state index contributed by atoms with van der Waals surface area (Å²) < 4.78 is 5.85. The molecule has 1 aromatic heterocycles. The standard InChI is InChI=1S/C11H8O2S3/c1-7(12)13-9-4-2-8(3-5-9)10-6-11(14)16-15-10/h2-6H,1H3. The van der Waals surface area contributed by atoms with Crippen LogP contribution in [0.25, 0.3) is 10.4 Å². The van der Waals surface area contributed by atoms with Crippen LogP contribution in [0, 0.1) is 3.82 Å². The van der Waals surface area contributed by atoms with Gasteiger partial charge in [-0.2, -0.15) is 0 Å². The Bertz CT molecular complexity index is 551. The molecule has 0 aliphatic rings. The van der Waals surface area contributed by atoms with Crippen LogP contribution in [0.2, 0.25) is 0 Å². The van der Waals surface area contributed by atoms with E-state index >= 15 is 0 Å². The molecule has 1 heterocycles. The summed E-state index contributed by atoms with van der Waals surface area (Å²) in [5, 5.41) is 0. The number of esters is 1. The van der Waals surface area contributed by atoms with Crippen LogP contribution in [0.5, 0.6) is 5.75 Å². The van der Waals surface area contributed by atoms with Gasteiger partial charge in [0.1, 0.15) is 9.57 Å². The molecule has 0 atom stereocenters. The van der Waals surface area contributed by atoms with Gasteiger partial charge in [-0.05, 0) is 35.9 Å². The first kappa shape index (κ1) is 11.4. The molecule has 5 heteroatoms. The Morgan fingerprint density at radius 1 is 1.25 bits per heavy atom. The van der Waals surface area contributed by atoms with Crippen molar-refractivity contribution >= 4 is 38.9 Å². The topological polar surface area (TPSA) is 26.3 Å². The van der Waals surface area contributed by atoms with Crippen molar-refractivity contribution < 1.29 is 9.53 Å². The van der Waals surface area contributed by atoms with E-state index in [2.05, 4.69) is 0 Å². The zero-order chi connectivity index (χ0) is 11.5. The normalized spacial score (nSPS) is 10.1. The van der Waals surface area contributed by atoms with Crippen LogP contribution in [0.15, 0.2) is 30.3 Å². The maximum Gasteiger partial charge on any atom is 0.308 e. The molecule has 0 saturated carbocycles. The van der Waals surface area contributed by atoms with Crippen molar-refractivity contribution in [1.82, 2.24) is 0 Å². The largest absolute Gasteiger partial charge is 0.427 e. The first-order chi connectivity index (χ1) is 7.65. The predicted octanol–water partition coefficient (Wildman–Crippen LogP) is 4.13. The van der Waals surface area contributed by atoms with Gasteiger partial charge in [0.15, 0.2) is 0 Å². The molecule has 0 radical (unpaired) electrons. The van der Waals surface area contributed by atoms with Crippen molar-refractivity contribution in [2.24, 2.45) is 0 Å². The molecular formula is C11H8O2S3. The van der Waals surface area contributed by atoms with Gasteiger partial charge in [-0.15, -0.1) is 0 Å². The van der Waals surface area contributed by atoms with Gasteiger partial charge in [-0.1, -0.05) is 32.9 Å². The summed E-state index contributed by atoms with van der Waals surface area (Å²) in [6.07, 6.45) is 0. The Morgan fingerprint density at radius 3 is 2.44 bits per heavy atom. The summed E-state index contributed by atoms with van der Waals surface area (Å²) in [7, 11) is 3.24. The first-order valence-electron chi connectivity index (χ1n) is 4.54. The smallest absolute Gasteiger partial charge is 0.308 e. The van der Waals surface area contributed by atoms with Crippen LogP contribution in [-0.4, -0.2) is 5.97 Å². The van der Waals surface area contributed by atoms with Gasteiger partial charge in [0, 0.05) is 11.8 Å². The molecule has 2 nitrogen and oxygen atoms in total. The molecule has 0 bridgehead atoms. The van der Waals surface area contributed by atoms with Gasteiger partial charge in [-0.3, -0.25) is 4.79 Å². The molecule has 16 heavy (non-hydrogen) atoms. The molecule has 0 aliphatic heterocycles. The van der Waals surface area contributed by atoms with E-state index in [-0.39, 0.29) is 5.97 Å². The lowest BCUT2D eigenvalue weighted by Gasteiger charge is -2.01. The van der Waals surface area contributed by atoms with Gasteiger partial charge in [0.25, 0.3) is 0 Å². The minimum atomic E-state index is -0.307. The van der Waals surface area contributed by atoms with Crippen LogP contribution < -0.4 is 4.74 Å². The minimum Gasteiger partial charge on any atom is -0.427 e. The monoisotopic (exact) mass is 268 g/mol. The third-order valence-electron chi connectivity index (χ3n) is 1.86. The van der Waals surface area contributed by atoms with Crippen molar-refractivity contribution in [3.05, 3.63) is 34.2 Å². The second-order valence-electron chi connectivity index (χ2n) is 3.11. The molecule has 0 saturated heterocycles. The highest BCUT2D eigenvalue weighted by Crippen LogP contribution is 2.30. The maximum atomic E-state index is 10.7. The summed E-state index contributed by atoms with van der Waals surface area (Å²) in [6.45, 7) is 1.39. The quantitative estimate of drug-likeness (QED) is 0.354. The SMILES string of the molecule is CC(=O)Oc1ccc(-c2cc(=S)ss2)cc1. The fraction of sp³-hybridized carbons (Fsp3) is 0.0909. The third-order valence-corrected chi connectivity index (χ3v) is 4.77. The Morgan fingerprint density at radius 2 is 1.94 bits per heavy atom. The number of hydrogen-bond donors (Lipinski definition) is 0. The van der Waals surface area contributed by atoms with Crippen LogP contribution in [0.1, 0.15) is 6.92 Å². The van der Waals surface area contributed by atoms with Crippen LogP contribution >= 0.6 is 32.9 Å². The summed E-state index contributed by atoms with van der Waals surface area (Å²) in [5.41, 5.74) is 1.09. The molecule has 2 aromatic rings. The second-order valence-corrected chi connectivity index (χ2v) is 6.02. The summed E-state index contributed by atoms with van der Waals surface area (Å²) in [6, 6.07) is 9.39. The number of hydrogen-bond acceptors (Lipinski definition) is 5. The zero-order valence-corrected chi connectivity index (χ0v) is 10.9. The Kier molecular flexibility index (Phi) is 3.48. The van der Waals surface area contributed by atoms with E-state index in [0.29, 0.717) is 5.75 Å². The zero-order valence-electron chi connectivity index (χ0n) is 8.43. The molecule has 0 fully saturated rings. The Labute approximate surface area is 106 Å². The van der Waals surface area contributed by atoms with E-state index in [4.69, 9.17) is 17.0 Å². The van der Waals surface area contributed by atoms with Crippen LogP contribution in [0.4, 0.5) is 0 Å². The lowest BCUT2D eigenvalue weighted by atomic mass is 10.2. The number of benzene rings is 1. The van der Waals surface area contributed by atoms with E-state index in [1.165, 1.54) is 6.92 Å². The lowest BCUT2D eigenvalue weighted by molar-refractivity contribution is -0.131. The van der Waals surface area contributed by atoms with Crippen molar-refractivity contribution in [1.29, 1.82) is 0 Å². The molecular weight excluding hydrogens is 260 g/mol. The van der Waals surface area contributed by atoms with Gasteiger partial charge in [0.05, 0.1) is 0 Å². The van der Waals surface area contributed by atoms with E-state index in [0.717, 1.165) is 14.3 Å². The fourth-order valence-corrected chi connectivity index (χ4v) is 3.63. The fourth-order valence-electron chi connectivity index (χ4n) is 1.23. The van der Waals surface area contributed by atoms with Gasteiger partial charge in [-0.25, -0.2) is 0 Å². The number of carbonyl (C=O) groups excluding carboxylic acids is 1. The van der Waals surface area contributed by atoms with Crippen molar-refractivity contribution in [3.8, 4) is 16.2 Å². The molecule has 0 unspecified atom stereocenters. The lowest BCUT2D eigenvalue weighted by Crippen LogP contribution is -2.00. The highest BCUT2D eigenvalue weighted by atomic mass is 32.9. The summed E-state index contributed by atoms with van der Waals surface area (Å²) in [4.78, 5) is 11.9. The van der Waals surface area contributed by atoms with E-state index in [9.17, 15) is 4.79 Å². The maximum absolute atomic E-state index is 10.7. The van der Waals surface area contributed by atoms with Gasteiger partial charge < -0.3 is 4.74 Å². The average molecular weight is 268 g/mol. The van der Waals surface area contributed by atoms with Crippen LogP contribution in [0.3, 0.4) is 0 Å². The first-order valence-corrected chi connectivity index (χ1v) is 7.10. The Hall–Kier alpha value is -1.04. The van der Waals surface area contributed by atoms with E-state index in [1.54, 1.807) is 32.8 Å². The highest BCUT2D eigenvalue weighted by molar-refractivity contribution is 7.80. The molecule has 0 aliphatic carbocycles. The second kappa shape index (κ2) is 4.86. The van der Waals surface area contributed by atoms with Gasteiger partial charge in [0.2, 0.25) is 0 Å². The number of carbonyl (C=O) groups is 1. The summed E-state index contributed by atoms with van der Waals surface area (Å²) >= 11 is 5.08. The van der Waals surface area contributed by atoms with Crippen molar-refractivity contribution in [3.63, 3.8) is 0 Å². The van der Waals surface area contributed by atoms with Gasteiger partial charge >= 0.3 is 5.97 Å². The van der Waals surface area contributed by atoms with E-state index < -0.39 is 0 Å². The molecule has 0 spiro atoms. The summed E-state index contributed by atoms with van der Waals surface area (Å²) in [5.74, 6) is 0.258. The molecule has 1 aromatic carbocycles. The third kappa shape index (κ3) is 2.75. The minimum absolute atomic E-state index is 0.307. The predicted molar refractivity (Wildman–Crippen MR) is 69.8 cm³/mol. The highest BCUT2D eigenvalue weighted by Gasteiger charge is 2.02. The van der Waals surface area contributed by atoms with E-state index in [1.807, 2.05) is 18.2 Å². The number of ether oxygens (including phenoxy) is 1. The molecule has 0 N–H and O–H groups in total. The molecule has 2 rings (SSSR count). The molecule has 82 valence electrons. The average Bonchev–Trinajstić information content (AvgIpc) is 2.65. The van der Waals surface area contributed by atoms with Crippen molar-refractivity contribution in [2.45, 2.75) is 6.92 Å². The number of rotatable bonds is 2. The Balaban J connectivity index is 2.25.